The molecule has 0 bridgehead atoms. The number of hydrogen-bond acceptors (Lipinski definition) is 3. The Balaban J connectivity index is 3.60. The van der Waals surface area contributed by atoms with Gasteiger partial charge >= 0.3 is 0 Å². The predicted molar refractivity (Wildman–Crippen MR) is 33.6 cm³/mol. The predicted octanol–water partition coefficient (Wildman–Crippen LogP) is -0.229. The van der Waals surface area contributed by atoms with Gasteiger partial charge in [0.25, 0.3) is 10.1 Å². The van der Waals surface area contributed by atoms with Crippen LogP contribution in [0.3, 0.4) is 0 Å². The summed E-state index contributed by atoms with van der Waals surface area (Å²) in [6, 6.07) is 0. The van der Waals surface area contributed by atoms with E-state index in [1.165, 1.54) is 0 Å². The Hall–Kier alpha value is 0.600. The van der Waals surface area contributed by atoms with Crippen LogP contribution in [0.15, 0.2) is 0 Å². The number of nitrogens with one attached hydrogen (secondary N) is 1. The summed E-state index contributed by atoms with van der Waals surface area (Å²) in [5, 5.41) is 0. The maximum absolute atomic E-state index is 9.72. The first kappa shape index (κ1) is 7.60. The van der Waals surface area contributed by atoms with E-state index in [1.807, 2.05) is 0 Å². The van der Waals surface area contributed by atoms with Crippen molar-refractivity contribution in [1.29, 1.82) is 0 Å². The molecular weight excluding hydrogens is 233 g/mol. The Kier molecular flexibility index (Phi) is 3.04. The van der Waals surface area contributed by atoms with Crippen LogP contribution in [-0.2, 0) is 10.1 Å². The zero-order valence-corrected chi connectivity index (χ0v) is 6.23. The normalized spacial score (nSPS) is 11.7. The summed E-state index contributed by atoms with van der Waals surface area (Å²) < 4.78 is 29.6. The number of rotatable bonds is 2. The zero-order chi connectivity index (χ0) is 5.91. The highest BCUT2D eigenvalue weighted by molar-refractivity contribution is 14.1. The molecule has 0 aromatic rings. The standard InChI is InChI=1S/CH4INO3S/c2-3-1-7(4,5)6/h3H,1H2,(H,4,5,6). The molecule has 6 heteroatoms. The largest absolute Gasteiger partial charge is 0.285 e. The molecule has 0 saturated carbocycles. The first-order chi connectivity index (χ1) is 3.06. The Labute approximate surface area is 55.5 Å². The van der Waals surface area contributed by atoms with Crippen molar-refractivity contribution in [2.45, 2.75) is 0 Å². The van der Waals surface area contributed by atoms with E-state index >= 15 is 0 Å². The molecule has 0 aliphatic rings. The van der Waals surface area contributed by atoms with E-state index in [4.69, 9.17) is 4.55 Å². The van der Waals surface area contributed by atoms with Crippen molar-refractivity contribution >= 4 is 33.0 Å². The van der Waals surface area contributed by atoms with Gasteiger partial charge in [0.15, 0.2) is 0 Å². The molecule has 0 atom stereocenters. The monoisotopic (exact) mass is 237 g/mol. The molecule has 0 amide bonds. The van der Waals surface area contributed by atoms with Crippen molar-refractivity contribution in [3.05, 3.63) is 0 Å². The van der Waals surface area contributed by atoms with Gasteiger partial charge in [-0.25, -0.2) is 3.53 Å². The highest BCUT2D eigenvalue weighted by atomic mass is 127. The minimum absolute atomic E-state index is 0.395. The molecule has 0 radical (unpaired) electrons. The lowest BCUT2D eigenvalue weighted by molar-refractivity contribution is 0.483. The highest BCUT2D eigenvalue weighted by Gasteiger charge is 1.98. The molecule has 0 aliphatic carbocycles. The molecule has 0 aromatic heterocycles. The molecule has 4 nitrogen and oxygen atoms in total. The fourth-order valence-corrected chi connectivity index (χ4v) is 1.39. The first-order valence-corrected chi connectivity index (χ1v) is 4.04. The van der Waals surface area contributed by atoms with Crippen molar-refractivity contribution < 1.29 is 13.0 Å². The van der Waals surface area contributed by atoms with Crippen LogP contribution in [0.25, 0.3) is 0 Å². The van der Waals surface area contributed by atoms with Crippen molar-refractivity contribution in [1.82, 2.24) is 3.53 Å². The molecule has 7 heavy (non-hydrogen) atoms. The second kappa shape index (κ2) is 2.80. The quantitative estimate of drug-likeness (QED) is 0.395. The zero-order valence-electron chi connectivity index (χ0n) is 3.26. The number of halogens is 1. The smallest absolute Gasteiger partial charge is 0.278 e. The molecule has 0 unspecified atom stereocenters. The third-order valence-electron chi connectivity index (χ3n) is 0.237. The molecule has 0 aliphatic heterocycles. The van der Waals surface area contributed by atoms with Crippen LogP contribution >= 0.6 is 22.9 Å². The Morgan fingerprint density at radius 2 is 2.14 bits per heavy atom. The summed E-state index contributed by atoms with van der Waals surface area (Å²) in [7, 11) is -3.79. The average molecular weight is 237 g/mol. The fraction of sp³-hybridized carbons (Fsp3) is 1.00. The molecule has 0 heterocycles. The third kappa shape index (κ3) is 6.60. The van der Waals surface area contributed by atoms with Crippen molar-refractivity contribution in [3.8, 4) is 0 Å². The van der Waals surface area contributed by atoms with Crippen LogP contribution in [0.1, 0.15) is 0 Å². The van der Waals surface area contributed by atoms with E-state index < -0.39 is 16.0 Å². The van der Waals surface area contributed by atoms with E-state index in [-0.39, 0.29) is 0 Å². The van der Waals surface area contributed by atoms with Crippen molar-refractivity contribution in [2.24, 2.45) is 0 Å². The molecule has 2 N–H and O–H groups in total. The topological polar surface area (TPSA) is 66.4 Å². The summed E-state index contributed by atoms with van der Waals surface area (Å²) >= 11 is 1.62. The van der Waals surface area contributed by atoms with Gasteiger partial charge < -0.3 is 0 Å². The highest BCUT2D eigenvalue weighted by Crippen LogP contribution is 1.77. The van der Waals surface area contributed by atoms with Gasteiger partial charge in [0.2, 0.25) is 0 Å². The summed E-state index contributed by atoms with van der Waals surface area (Å²) in [5.41, 5.74) is 0. The summed E-state index contributed by atoms with van der Waals surface area (Å²) in [6.45, 7) is 0. The maximum atomic E-state index is 9.72. The van der Waals surface area contributed by atoms with Crippen LogP contribution in [0, 0.1) is 0 Å². The van der Waals surface area contributed by atoms with Gasteiger partial charge in [-0.15, -0.1) is 0 Å². The van der Waals surface area contributed by atoms with E-state index in [0.717, 1.165) is 0 Å². The van der Waals surface area contributed by atoms with Gasteiger partial charge in [0.05, 0.1) is 0 Å². The Morgan fingerprint density at radius 3 is 2.14 bits per heavy atom. The Morgan fingerprint density at radius 1 is 1.71 bits per heavy atom. The summed E-state index contributed by atoms with van der Waals surface area (Å²) in [6.07, 6.45) is 0. The van der Waals surface area contributed by atoms with Crippen LogP contribution in [-0.4, -0.2) is 18.8 Å². The molecule has 44 valence electrons. The van der Waals surface area contributed by atoms with Gasteiger partial charge in [-0.3, -0.25) is 4.55 Å². The lowest BCUT2D eigenvalue weighted by atomic mass is 11.6. The molecular formula is CH4INO3S. The van der Waals surface area contributed by atoms with E-state index in [0.29, 0.717) is 0 Å². The van der Waals surface area contributed by atoms with E-state index in [9.17, 15) is 8.42 Å². The SMILES string of the molecule is O=S(=O)(O)CNI. The third-order valence-corrected chi connectivity index (χ3v) is 1.65. The molecule has 0 aromatic carbocycles. The minimum atomic E-state index is -3.79. The van der Waals surface area contributed by atoms with Gasteiger partial charge in [0, 0.05) is 22.9 Å². The molecule has 0 saturated heterocycles. The van der Waals surface area contributed by atoms with Crippen LogP contribution in [0.4, 0.5) is 0 Å². The summed E-state index contributed by atoms with van der Waals surface area (Å²) in [5.74, 6) is -0.395. The Bertz CT molecular complexity index is 128. The minimum Gasteiger partial charge on any atom is -0.285 e. The first-order valence-electron chi connectivity index (χ1n) is 1.35. The second-order valence-electron chi connectivity index (χ2n) is 0.860. The van der Waals surface area contributed by atoms with Crippen LogP contribution in [0.2, 0.25) is 0 Å². The lowest BCUT2D eigenvalue weighted by Gasteiger charge is -1.87. The van der Waals surface area contributed by atoms with Crippen LogP contribution < -0.4 is 3.53 Å². The van der Waals surface area contributed by atoms with E-state index in [1.54, 1.807) is 22.9 Å². The van der Waals surface area contributed by atoms with Crippen molar-refractivity contribution in [2.75, 3.05) is 5.88 Å². The molecule has 0 rings (SSSR count). The maximum Gasteiger partial charge on any atom is 0.278 e. The molecule has 0 spiro atoms. The van der Waals surface area contributed by atoms with Gasteiger partial charge in [-0.05, 0) is 0 Å². The van der Waals surface area contributed by atoms with Crippen LogP contribution in [0.5, 0.6) is 0 Å². The summed E-state index contributed by atoms with van der Waals surface area (Å²) in [4.78, 5) is 0. The van der Waals surface area contributed by atoms with E-state index in [2.05, 4.69) is 3.53 Å². The van der Waals surface area contributed by atoms with Crippen molar-refractivity contribution in [3.63, 3.8) is 0 Å². The molecule has 0 fully saturated rings. The number of hydrogen-bond donors (Lipinski definition) is 2. The lowest BCUT2D eigenvalue weighted by Crippen LogP contribution is -2.12. The average Bonchev–Trinajstić information content (AvgIpc) is 1.30. The fourth-order valence-electron chi connectivity index (χ4n) is 0.0689. The van der Waals surface area contributed by atoms with Gasteiger partial charge in [0.1, 0.15) is 5.88 Å². The second-order valence-corrected chi connectivity index (χ2v) is 3.08. The van der Waals surface area contributed by atoms with Gasteiger partial charge in [-0.2, -0.15) is 8.42 Å². The van der Waals surface area contributed by atoms with Gasteiger partial charge in [-0.1, -0.05) is 0 Å².